The monoisotopic (exact) mass is 239 g/mol. The average molecular weight is 239 g/mol. The van der Waals surface area contributed by atoms with E-state index in [9.17, 15) is 18.0 Å². The summed E-state index contributed by atoms with van der Waals surface area (Å²) in [6.45, 7) is 0.209. The van der Waals surface area contributed by atoms with Gasteiger partial charge in [-0.25, -0.2) is 4.79 Å². The first-order valence-electron chi connectivity index (χ1n) is 5.29. The number of halogens is 3. The number of hydrogen-bond acceptors (Lipinski definition) is 2. The molecule has 94 valence electrons. The minimum Gasteiger partial charge on any atom is -0.334 e. The number of hydrogen-bond donors (Lipinski definition) is 3. The number of alkyl halides is 3. The van der Waals surface area contributed by atoms with E-state index in [-0.39, 0.29) is 6.04 Å². The highest BCUT2D eigenvalue weighted by atomic mass is 19.4. The van der Waals surface area contributed by atoms with Crippen molar-refractivity contribution >= 4 is 6.03 Å². The molecule has 0 aromatic rings. The third kappa shape index (κ3) is 5.79. The predicted octanol–water partition coefficient (Wildman–Crippen LogP) is 0.990. The van der Waals surface area contributed by atoms with Crippen LogP contribution in [0.15, 0.2) is 0 Å². The minimum absolute atomic E-state index is 0.0873. The zero-order valence-corrected chi connectivity index (χ0v) is 8.86. The summed E-state index contributed by atoms with van der Waals surface area (Å²) >= 11 is 0. The molecule has 4 nitrogen and oxygen atoms in total. The van der Waals surface area contributed by atoms with Gasteiger partial charge in [0.15, 0.2) is 0 Å². The molecule has 1 atom stereocenters. The second-order valence-electron chi connectivity index (χ2n) is 3.84. The standard InChI is InChI=1S/C9H16F3N3O/c10-9(11,12)6-14-8(16)15-7-3-1-2-4-13-5-7/h7,13H,1-6H2,(H2,14,15,16). The van der Waals surface area contributed by atoms with Gasteiger partial charge < -0.3 is 16.0 Å². The van der Waals surface area contributed by atoms with Gasteiger partial charge in [-0.15, -0.1) is 0 Å². The Morgan fingerprint density at radius 2 is 2.12 bits per heavy atom. The minimum atomic E-state index is -4.36. The molecule has 3 N–H and O–H groups in total. The third-order valence-corrected chi connectivity index (χ3v) is 2.33. The van der Waals surface area contributed by atoms with Gasteiger partial charge in [0.2, 0.25) is 0 Å². The van der Waals surface area contributed by atoms with Gasteiger partial charge >= 0.3 is 12.2 Å². The molecule has 0 aliphatic carbocycles. The van der Waals surface area contributed by atoms with Crippen LogP contribution in [0, 0.1) is 0 Å². The fourth-order valence-corrected chi connectivity index (χ4v) is 1.56. The number of carbonyl (C=O) groups is 1. The van der Waals surface area contributed by atoms with Crippen molar-refractivity contribution in [3.8, 4) is 0 Å². The molecule has 0 aromatic carbocycles. The molecule has 1 aliphatic heterocycles. The Morgan fingerprint density at radius 3 is 2.81 bits per heavy atom. The van der Waals surface area contributed by atoms with Crippen molar-refractivity contribution in [2.75, 3.05) is 19.6 Å². The Morgan fingerprint density at radius 1 is 1.38 bits per heavy atom. The summed E-state index contributed by atoms with van der Waals surface area (Å²) in [5, 5.41) is 7.42. The Bertz CT molecular complexity index is 225. The number of carbonyl (C=O) groups excluding carboxylic acids is 1. The molecule has 1 unspecified atom stereocenters. The molecule has 2 amide bonds. The lowest BCUT2D eigenvalue weighted by Gasteiger charge is -2.17. The molecule has 0 radical (unpaired) electrons. The van der Waals surface area contributed by atoms with Crippen LogP contribution in [0.1, 0.15) is 19.3 Å². The van der Waals surface area contributed by atoms with Crippen molar-refractivity contribution in [2.45, 2.75) is 31.5 Å². The largest absolute Gasteiger partial charge is 0.405 e. The van der Waals surface area contributed by atoms with E-state index in [0.29, 0.717) is 6.54 Å². The average Bonchev–Trinajstić information content (AvgIpc) is 2.42. The predicted molar refractivity (Wildman–Crippen MR) is 53.1 cm³/mol. The summed E-state index contributed by atoms with van der Waals surface area (Å²) in [6, 6.07) is -0.846. The van der Waals surface area contributed by atoms with E-state index in [2.05, 4.69) is 10.6 Å². The maximum absolute atomic E-state index is 11.8. The molecule has 1 rings (SSSR count). The number of nitrogens with one attached hydrogen (secondary N) is 3. The first kappa shape index (κ1) is 13.1. The maximum Gasteiger partial charge on any atom is 0.405 e. The van der Waals surface area contributed by atoms with Crippen LogP contribution in [0.25, 0.3) is 0 Å². The molecule has 1 saturated heterocycles. The Hall–Kier alpha value is -0.980. The molecular formula is C9H16F3N3O. The molecule has 0 bridgehead atoms. The van der Waals surface area contributed by atoms with E-state index in [1.165, 1.54) is 0 Å². The molecule has 0 saturated carbocycles. The molecule has 1 aliphatic rings. The third-order valence-electron chi connectivity index (χ3n) is 2.33. The topological polar surface area (TPSA) is 53.2 Å². The van der Waals surface area contributed by atoms with Gasteiger partial charge in [0.1, 0.15) is 6.54 Å². The zero-order chi connectivity index (χ0) is 12.0. The Balaban J connectivity index is 2.22. The van der Waals surface area contributed by atoms with E-state index in [0.717, 1.165) is 25.8 Å². The smallest absolute Gasteiger partial charge is 0.334 e. The molecule has 7 heteroatoms. The van der Waals surface area contributed by atoms with Crippen LogP contribution < -0.4 is 16.0 Å². The van der Waals surface area contributed by atoms with Crippen molar-refractivity contribution in [1.82, 2.24) is 16.0 Å². The first-order valence-corrected chi connectivity index (χ1v) is 5.29. The van der Waals surface area contributed by atoms with Crippen molar-refractivity contribution < 1.29 is 18.0 Å². The lowest BCUT2D eigenvalue weighted by Crippen LogP contribution is -2.47. The summed E-state index contributed by atoms with van der Waals surface area (Å²) in [5.74, 6) is 0. The van der Waals surface area contributed by atoms with Gasteiger partial charge in [-0.3, -0.25) is 0 Å². The second-order valence-corrected chi connectivity index (χ2v) is 3.84. The van der Waals surface area contributed by atoms with Gasteiger partial charge in [-0.1, -0.05) is 6.42 Å². The van der Waals surface area contributed by atoms with Crippen LogP contribution in [-0.4, -0.2) is 37.9 Å². The quantitative estimate of drug-likeness (QED) is 0.673. The lowest BCUT2D eigenvalue weighted by molar-refractivity contribution is -0.122. The van der Waals surface area contributed by atoms with Crippen LogP contribution in [-0.2, 0) is 0 Å². The van der Waals surface area contributed by atoms with E-state index in [4.69, 9.17) is 0 Å². The van der Waals surface area contributed by atoms with Crippen molar-refractivity contribution in [2.24, 2.45) is 0 Å². The molecule has 1 fully saturated rings. The fraction of sp³-hybridized carbons (Fsp3) is 0.889. The Kier molecular flexibility index (Phi) is 4.85. The van der Waals surface area contributed by atoms with Gasteiger partial charge in [-0.2, -0.15) is 13.2 Å². The second kappa shape index (κ2) is 5.93. The summed E-state index contributed by atoms with van der Waals surface area (Å²) in [5.41, 5.74) is 0. The van der Waals surface area contributed by atoms with Crippen LogP contribution in [0.5, 0.6) is 0 Å². The molecule has 0 aromatic heterocycles. The normalized spacial score (nSPS) is 22.3. The summed E-state index contributed by atoms with van der Waals surface area (Å²) in [4.78, 5) is 11.1. The number of urea groups is 1. The van der Waals surface area contributed by atoms with E-state index < -0.39 is 18.8 Å². The molecule has 1 heterocycles. The van der Waals surface area contributed by atoms with Crippen molar-refractivity contribution in [1.29, 1.82) is 0 Å². The highest BCUT2D eigenvalue weighted by Gasteiger charge is 2.28. The van der Waals surface area contributed by atoms with Gasteiger partial charge in [0, 0.05) is 12.6 Å². The SMILES string of the molecule is O=C(NCC(F)(F)F)NC1CCCCNC1. The zero-order valence-electron chi connectivity index (χ0n) is 8.86. The molecule has 0 spiro atoms. The number of amides is 2. The van der Waals surface area contributed by atoms with E-state index in [1.807, 2.05) is 0 Å². The highest BCUT2D eigenvalue weighted by Crippen LogP contribution is 2.12. The summed E-state index contributed by atoms with van der Waals surface area (Å²) in [7, 11) is 0. The summed E-state index contributed by atoms with van der Waals surface area (Å²) < 4.78 is 35.4. The summed E-state index contributed by atoms with van der Waals surface area (Å²) in [6.07, 6.45) is -1.56. The van der Waals surface area contributed by atoms with Gasteiger partial charge in [0.25, 0.3) is 0 Å². The Labute approximate surface area is 92.0 Å². The molecular weight excluding hydrogens is 223 g/mol. The first-order chi connectivity index (χ1) is 7.47. The highest BCUT2D eigenvalue weighted by molar-refractivity contribution is 5.74. The van der Waals surface area contributed by atoms with Crippen molar-refractivity contribution in [3.05, 3.63) is 0 Å². The van der Waals surface area contributed by atoms with Gasteiger partial charge in [-0.05, 0) is 19.4 Å². The molecule has 16 heavy (non-hydrogen) atoms. The van der Waals surface area contributed by atoms with E-state index in [1.54, 1.807) is 5.32 Å². The van der Waals surface area contributed by atoms with Crippen LogP contribution in [0.2, 0.25) is 0 Å². The fourth-order valence-electron chi connectivity index (χ4n) is 1.56. The van der Waals surface area contributed by atoms with Crippen LogP contribution >= 0.6 is 0 Å². The maximum atomic E-state index is 11.8. The van der Waals surface area contributed by atoms with Crippen LogP contribution in [0.4, 0.5) is 18.0 Å². The van der Waals surface area contributed by atoms with Crippen molar-refractivity contribution in [3.63, 3.8) is 0 Å². The number of rotatable bonds is 2. The van der Waals surface area contributed by atoms with Crippen LogP contribution in [0.3, 0.4) is 0 Å². The van der Waals surface area contributed by atoms with Gasteiger partial charge in [0.05, 0.1) is 0 Å². The lowest BCUT2D eigenvalue weighted by atomic mass is 10.1. The van der Waals surface area contributed by atoms with E-state index >= 15 is 0 Å².